The van der Waals surface area contributed by atoms with Crippen LogP contribution in [0.2, 0.25) is 0 Å². The molecule has 62 valence electrons. The number of benzene rings is 1. The zero-order valence-corrected chi connectivity index (χ0v) is 7.25. The second-order valence-electron chi connectivity index (χ2n) is 2.82. The largest absolute Gasteiger partial charge is 0.302 e. The summed E-state index contributed by atoms with van der Waals surface area (Å²) in [6, 6.07) is 10.5. The van der Waals surface area contributed by atoms with E-state index in [1.54, 1.807) is 0 Å². The molecule has 11 heavy (non-hydrogen) atoms. The molecular weight excluding hydrogens is 134 g/mol. The van der Waals surface area contributed by atoms with Gasteiger partial charge in [-0.25, -0.2) is 0 Å². The molecule has 0 N–H and O–H groups in total. The van der Waals surface area contributed by atoms with Crippen molar-refractivity contribution in [3.63, 3.8) is 0 Å². The third-order valence-electron chi connectivity index (χ3n) is 1.84. The lowest BCUT2D eigenvalue weighted by Crippen LogP contribution is -2.16. The Morgan fingerprint density at radius 1 is 1.27 bits per heavy atom. The van der Waals surface area contributed by atoms with Crippen molar-refractivity contribution in [1.29, 1.82) is 0 Å². The zero-order chi connectivity index (χ0) is 8.10. The van der Waals surface area contributed by atoms with E-state index in [0.29, 0.717) is 0 Å². The SMILES string of the molecule is CCN(C)Cc1ccccc1.[HH]. The fourth-order valence-electron chi connectivity index (χ4n) is 1.01. The summed E-state index contributed by atoms with van der Waals surface area (Å²) in [7, 11) is 2.13. The highest BCUT2D eigenvalue weighted by Gasteiger charge is 1.94. The van der Waals surface area contributed by atoms with Gasteiger partial charge in [-0.2, -0.15) is 0 Å². The highest BCUT2D eigenvalue weighted by Crippen LogP contribution is 2.01. The van der Waals surface area contributed by atoms with E-state index < -0.39 is 0 Å². The molecule has 0 amide bonds. The average Bonchev–Trinajstić information content (AvgIpc) is 2.06. The van der Waals surface area contributed by atoms with Crippen molar-refractivity contribution in [2.24, 2.45) is 0 Å². The van der Waals surface area contributed by atoms with Crippen LogP contribution in [0.4, 0.5) is 0 Å². The van der Waals surface area contributed by atoms with Gasteiger partial charge in [0.1, 0.15) is 0 Å². The van der Waals surface area contributed by atoms with Gasteiger partial charge in [0.25, 0.3) is 0 Å². The number of rotatable bonds is 3. The molecule has 0 aromatic heterocycles. The Balaban J connectivity index is 0.00000121. The quantitative estimate of drug-likeness (QED) is 0.641. The van der Waals surface area contributed by atoms with Crippen LogP contribution in [0.25, 0.3) is 0 Å². The molecule has 0 bridgehead atoms. The van der Waals surface area contributed by atoms with Gasteiger partial charge in [0.05, 0.1) is 0 Å². The van der Waals surface area contributed by atoms with Gasteiger partial charge in [0.2, 0.25) is 0 Å². The average molecular weight is 151 g/mol. The Labute approximate surface area is 70.1 Å². The van der Waals surface area contributed by atoms with Crippen molar-refractivity contribution in [2.45, 2.75) is 13.5 Å². The van der Waals surface area contributed by atoms with Crippen LogP contribution in [0.15, 0.2) is 30.3 Å². The summed E-state index contributed by atoms with van der Waals surface area (Å²) in [5, 5.41) is 0. The van der Waals surface area contributed by atoms with Gasteiger partial charge in [0.15, 0.2) is 0 Å². The van der Waals surface area contributed by atoms with E-state index in [0.717, 1.165) is 13.1 Å². The highest BCUT2D eigenvalue weighted by atomic mass is 15.1. The Morgan fingerprint density at radius 2 is 1.91 bits per heavy atom. The van der Waals surface area contributed by atoms with E-state index in [4.69, 9.17) is 0 Å². The second-order valence-corrected chi connectivity index (χ2v) is 2.82. The second kappa shape index (κ2) is 4.14. The summed E-state index contributed by atoms with van der Waals surface area (Å²) in [5.41, 5.74) is 1.39. The maximum absolute atomic E-state index is 2.29. The summed E-state index contributed by atoms with van der Waals surface area (Å²) >= 11 is 0. The van der Waals surface area contributed by atoms with Gasteiger partial charge in [-0.05, 0) is 19.2 Å². The monoisotopic (exact) mass is 151 g/mol. The molecule has 0 aliphatic rings. The lowest BCUT2D eigenvalue weighted by molar-refractivity contribution is 0.346. The molecule has 1 heteroatoms. The molecule has 0 radical (unpaired) electrons. The van der Waals surface area contributed by atoms with E-state index in [-0.39, 0.29) is 1.43 Å². The molecule has 0 heterocycles. The topological polar surface area (TPSA) is 3.24 Å². The standard InChI is InChI=1S/C10H15N.H2/c1-3-11(2)9-10-7-5-4-6-8-10;/h4-8H,3,9H2,1-2H3;1H. The maximum atomic E-state index is 2.29. The lowest BCUT2D eigenvalue weighted by Gasteiger charge is -2.12. The minimum absolute atomic E-state index is 0. The highest BCUT2D eigenvalue weighted by molar-refractivity contribution is 5.14. The number of hydrogen-bond donors (Lipinski definition) is 0. The Morgan fingerprint density at radius 3 is 2.45 bits per heavy atom. The predicted molar refractivity (Wildman–Crippen MR) is 50.6 cm³/mol. The maximum Gasteiger partial charge on any atom is 0.0230 e. The molecule has 1 nitrogen and oxygen atoms in total. The molecule has 1 aromatic carbocycles. The van der Waals surface area contributed by atoms with Crippen molar-refractivity contribution >= 4 is 0 Å². The van der Waals surface area contributed by atoms with Gasteiger partial charge < -0.3 is 4.90 Å². The van der Waals surface area contributed by atoms with E-state index in [1.807, 2.05) is 0 Å². The normalized spacial score (nSPS) is 10.5. The minimum Gasteiger partial charge on any atom is -0.302 e. The molecule has 0 fully saturated rings. The molecular formula is C10H17N. The van der Waals surface area contributed by atoms with Crippen LogP contribution >= 0.6 is 0 Å². The Hall–Kier alpha value is -0.820. The molecule has 0 saturated heterocycles. The molecule has 0 atom stereocenters. The van der Waals surface area contributed by atoms with Crippen LogP contribution in [-0.2, 0) is 6.54 Å². The van der Waals surface area contributed by atoms with Gasteiger partial charge in [-0.1, -0.05) is 37.3 Å². The first kappa shape index (κ1) is 8.28. The molecule has 0 unspecified atom stereocenters. The van der Waals surface area contributed by atoms with Crippen molar-refractivity contribution in [1.82, 2.24) is 4.90 Å². The van der Waals surface area contributed by atoms with E-state index in [2.05, 4.69) is 49.2 Å². The third kappa shape index (κ3) is 2.72. The van der Waals surface area contributed by atoms with Crippen molar-refractivity contribution in [3.05, 3.63) is 35.9 Å². The lowest BCUT2D eigenvalue weighted by atomic mass is 10.2. The molecule has 0 spiro atoms. The van der Waals surface area contributed by atoms with Gasteiger partial charge >= 0.3 is 0 Å². The minimum atomic E-state index is 0. The predicted octanol–water partition coefficient (Wildman–Crippen LogP) is 2.38. The van der Waals surface area contributed by atoms with Crippen LogP contribution in [0.3, 0.4) is 0 Å². The Kier molecular flexibility index (Phi) is 3.12. The third-order valence-corrected chi connectivity index (χ3v) is 1.84. The van der Waals surface area contributed by atoms with Crippen molar-refractivity contribution in [2.75, 3.05) is 13.6 Å². The van der Waals surface area contributed by atoms with E-state index >= 15 is 0 Å². The van der Waals surface area contributed by atoms with Gasteiger partial charge in [-0.15, -0.1) is 0 Å². The summed E-state index contributed by atoms with van der Waals surface area (Å²) in [6.45, 7) is 4.33. The van der Waals surface area contributed by atoms with Crippen molar-refractivity contribution in [3.8, 4) is 0 Å². The van der Waals surface area contributed by atoms with Crippen LogP contribution in [0, 0.1) is 0 Å². The summed E-state index contributed by atoms with van der Waals surface area (Å²) in [4.78, 5) is 2.29. The first-order valence-electron chi connectivity index (χ1n) is 4.05. The molecule has 0 saturated carbocycles. The number of nitrogens with zero attached hydrogens (tertiary/aromatic N) is 1. The molecule has 1 aromatic rings. The molecule has 0 aliphatic heterocycles. The fraction of sp³-hybridized carbons (Fsp3) is 0.400. The zero-order valence-electron chi connectivity index (χ0n) is 7.25. The smallest absolute Gasteiger partial charge is 0.0230 e. The first-order chi connectivity index (χ1) is 5.33. The van der Waals surface area contributed by atoms with Crippen LogP contribution in [0.5, 0.6) is 0 Å². The van der Waals surface area contributed by atoms with Crippen LogP contribution < -0.4 is 0 Å². The van der Waals surface area contributed by atoms with Crippen molar-refractivity contribution < 1.29 is 1.43 Å². The first-order valence-corrected chi connectivity index (χ1v) is 4.05. The van der Waals surface area contributed by atoms with Crippen LogP contribution in [0.1, 0.15) is 13.9 Å². The number of hydrogen-bond acceptors (Lipinski definition) is 1. The van der Waals surface area contributed by atoms with Crippen LogP contribution in [-0.4, -0.2) is 18.5 Å². The molecule has 1 rings (SSSR count). The fourth-order valence-corrected chi connectivity index (χ4v) is 1.01. The molecule has 0 aliphatic carbocycles. The summed E-state index contributed by atoms with van der Waals surface area (Å²) in [5.74, 6) is 0. The van der Waals surface area contributed by atoms with Gasteiger partial charge in [0, 0.05) is 7.97 Å². The Bertz CT molecular complexity index is 198. The summed E-state index contributed by atoms with van der Waals surface area (Å²) < 4.78 is 0. The van der Waals surface area contributed by atoms with E-state index in [9.17, 15) is 0 Å². The summed E-state index contributed by atoms with van der Waals surface area (Å²) in [6.07, 6.45) is 0. The van der Waals surface area contributed by atoms with Gasteiger partial charge in [-0.3, -0.25) is 0 Å². The van der Waals surface area contributed by atoms with E-state index in [1.165, 1.54) is 5.56 Å².